The fourth-order valence-electron chi connectivity index (χ4n) is 5.84. The maximum absolute atomic E-state index is 13.1. The number of carbonyl (C=O) groups excluding carboxylic acids is 2. The van der Waals surface area contributed by atoms with Gasteiger partial charge in [-0.25, -0.2) is 0 Å². The number of hydrogen-bond donors (Lipinski definition) is 0. The van der Waals surface area contributed by atoms with Gasteiger partial charge in [-0.05, 0) is 71.6 Å². The minimum absolute atomic E-state index is 0.0509. The van der Waals surface area contributed by atoms with Crippen molar-refractivity contribution >= 4 is 11.9 Å². The Morgan fingerprint density at radius 3 is 2.04 bits per heavy atom. The summed E-state index contributed by atoms with van der Waals surface area (Å²) in [5, 5.41) is 0. The van der Waals surface area contributed by atoms with Crippen LogP contribution in [0.1, 0.15) is 54.4 Å². The summed E-state index contributed by atoms with van der Waals surface area (Å²) in [5.41, 5.74) is -1.09. The van der Waals surface area contributed by atoms with Crippen molar-refractivity contribution in [3.8, 4) is 0 Å². The molecule has 2 aliphatic heterocycles. The number of hydrogen-bond acceptors (Lipinski definition) is 5. The maximum Gasteiger partial charge on any atom is 0.312 e. The van der Waals surface area contributed by atoms with Crippen molar-refractivity contribution in [3.63, 3.8) is 0 Å². The van der Waals surface area contributed by atoms with E-state index in [1.807, 2.05) is 41.5 Å². The normalized spacial score (nSPS) is 41.7. The van der Waals surface area contributed by atoms with Gasteiger partial charge in [0.2, 0.25) is 0 Å². The minimum atomic E-state index is -0.552. The Balaban J connectivity index is 1.58. The van der Waals surface area contributed by atoms with E-state index in [9.17, 15) is 9.59 Å². The molecule has 2 saturated heterocycles. The van der Waals surface area contributed by atoms with Gasteiger partial charge in [0.25, 0.3) is 0 Å². The van der Waals surface area contributed by atoms with Gasteiger partial charge in [0, 0.05) is 5.92 Å². The van der Waals surface area contributed by atoms with Crippen LogP contribution in [-0.4, -0.2) is 35.3 Å². The van der Waals surface area contributed by atoms with Crippen LogP contribution in [-0.2, 0) is 23.8 Å². The third kappa shape index (κ3) is 3.32. The van der Waals surface area contributed by atoms with Crippen LogP contribution >= 0.6 is 0 Å². The lowest BCUT2D eigenvalue weighted by molar-refractivity contribution is -0.166. The SMILES string of the molecule is CC(C)(C)OC(=O)CC1C2OC(C1C(=O)OC(C)(C)C)C1C3C=CC(C3)C21. The lowest BCUT2D eigenvalue weighted by atomic mass is 9.64. The molecule has 5 nitrogen and oxygen atoms in total. The zero-order valence-corrected chi connectivity index (χ0v) is 17.2. The average Bonchev–Trinajstić information content (AvgIpc) is 3.21. The molecule has 2 aliphatic carbocycles. The standard InChI is InChI=1S/C22H32O5/c1-21(2,3)26-14(23)10-13-17(20(24)27-22(4,5)6)19-16-12-8-7-11(9-12)15(16)18(13)25-19/h7-8,11-13,15-19H,9-10H2,1-6H3. The van der Waals surface area contributed by atoms with Gasteiger partial charge in [-0.15, -0.1) is 0 Å². The Hall–Kier alpha value is -1.36. The van der Waals surface area contributed by atoms with Crippen LogP contribution in [0.4, 0.5) is 0 Å². The van der Waals surface area contributed by atoms with Crippen molar-refractivity contribution in [1.29, 1.82) is 0 Å². The van der Waals surface area contributed by atoms with E-state index in [0.717, 1.165) is 6.42 Å². The predicted octanol–water partition coefficient (Wildman–Crippen LogP) is 3.51. The van der Waals surface area contributed by atoms with Crippen molar-refractivity contribution < 1.29 is 23.8 Å². The molecule has 4 bridgehead atoms. The van der Waals surface area contributed by atoms with Gasteiger partial charge >= 0.3 is 11.9 Å². The second kappa shape index (κ2) is 6.07. The Bertz CT molecular complexity index is 667. The van der Waals surface area contributed by atoms with Crippen LogP contribution in [0.3, 0.4) is 0 Å². The molecule has 0 aromatic carbocycles. The Morgan fingerprint density at radius 1 is 0.926 bits per heavy atom. The zero-order chi connectivity index (χ0) is 19.7. The fraction of sp³-hybridized carbons (Fsp3) is 0.818. The van der Waals surface area contributed by atoms with E-state index in [1.54, 1.807) is 0 Å². The number of rotatable bonds is 3. The molecule has 4 rings (SSSR count). The summed E-state index contributed by atoms with van der Waals surface area (Å²) in [7, 11) is 0. The highest BCUT2D eigenvalue weighted by Gasteiger charge is 2.68. The summed E-state index contributed by atoms with van der Waals surface area (Å²) in [6, 6.07) is 0. The van der Waals surface area contributed by atoms with Gasteiger partial charge in [-0.1, -0.05) is 12.2 Å². The summed E-state index contributed by atoms with van der Waals surface area (Å²) in [6.45, 7) is 11.2. The van der Waals surface area contributed by atoms with Crippen LogP contribution in [0.15, 0.2) is 12.2 Å². The first kappa shape index (κ1) is 19.0. The first-order chi connectivity index (χ1) is 12.4. The van der Waals surface area contributed by atoms with Crippen molar-refractivity contribution in [2.45, 2.75) is 77.8 Å². The van der Waals surface area contributed by atoms with Crippen LogP contribution in [0.25, 0.3) is 0 Å². The topological polar surface area (TPSA) is 61.8 Å². The molecule has 150 valence electrons. The third-order valence-corrected chi connectivity index (χ3v) is 6.39. The molecule has 2 heterocycles. The quantitative estimate of drug-likeness (QED) is 0.557. The zero-order valence-electron chi connectivity index (χ0n) is 17.2. The van der Waals surface area contributed by atoms with Crippen LogP contribution < -0.4 is 0 Å². The predicted molar refractivity (Wildman–Crippen MR) is 99.7 cm³/mol. The molecule has 0 amide bonds. The van der Waals surface area contributed by atoms with Gasteiger partial charge < -0.3 is 14.2 Å². The molecule has 0 radical (unpaired) electrons. The molecule has 5 heteroatoms. The monoisotopic (exact) mass is 376 g/mol. The number of allylic oxidation sites excluding steroid dienone is 2. The number of carbonyl (C=O) groups is 2. The first-order valence-electron chi connectivity index (χ1n) is 10.2. The number of ether oxygens (including phenoxy) is 3. The molecule has 3 fully saturated rings. The van der Waals surface area contributed by atoms with Crippen LogP contribution in [0, 0.1) is 35.5 Å². The van der Waals surface area contributed by atoms with E-state index in [0.29, 0.717) is 23.7 Å². The number of esters is 2. The van der Waals surface area contributed by atoms with Crippen LogP contribution in [0.2, 0.25) is 0 Å². The fourth-order valence-corrected chi connectivity index (χ4v) is 5.84. The lowest BCUT2D eigenvalue weighted by Gasteiger charge is -2.38. The van der Waals surface area contributed by atoms with E-state index in [-0.39, 0.29) is 42.4 Å². The Kier molecular flexibility index (Phi) is 4.26. The second-order valence-electron chi connectivity index (χ2n) is 10.7. The van der Waals surface area contributed by atoms with Gasteiger partial charge in [0.1, 0.15) is 11.2 Å². The van der Waals surface area contributed by atoms with Crippen molar-refractivity contribution in [1.82, 2.24) is 0 Å². The van der Waals surface area contributed by atoms with E-state index in [4.69, 9.17) is 14.2 Å². The molecule has 4 aliphatic rings. The molecule has 8 atom stereocenters. The van der Waals surface area contributed by atoms with Gasteiger partial charge in [0.15, 0.2) is 0 Å². The van der Waals surface area contributed by atoms with E-state index < -0.39 is 11.2 Å². The Labute approximate surface area is 161 Å². The summed E-state index contributed by atoms with van der Waals surface area (Å²) >= 11 is 0. The smallest absolute Gasteiger partial charge is 0.312 e. The highest BCUT2D eigenvalue weighted by atomic mass is 16.6. The molecule has 8 unspecified atom stereocenters. The highest BCUT2D eigenvalue weighted by Crippen LogP contribution is 2.63. The van der Waals surface area contributed by atoms with E-state index in [2.05, 4.69) is 12.2 Å². The summed E-state index contributed by atoms with van der Waals surface area (Å²) in [4.78, 5) is 25.6. The second-order valence-corrected chi connectivity index (χ2v) is 10.7. The Morgan fingerprint density at radius 2 is 1.48 bits per heavy atom. The van der Waals surface area contributed by atoms with E-state index >= 15 is 0 Å². The minimum Gasteiger partial charge on any atom is -0.460 e. The molecule has 1 saturated carbocycles. The van der Waals surface area contributed by atoms with Gasteiger partial charge in [-0.2, -0.15) is 0 Å². The molecular formula is C22H32O5. The lowest BCUT2D eigenvalue weighted by Crippen LogP contribution is -2.47. The summed E-state index contributed by atoms with van der Waals surface area (Å²) in [5.74, 6) is 0.817. The summed E-state index contributed by atoms with van der Waals surface area (Å²) < 4.78 is 17.6. The largest absolute Gasteiger partial charge is 0.460 e. The highest BCUT2D eigenvalue weighted by molar-refractivity contribution is 5.77. The molecule has 27 heavy (non-hydrogen) atoms. The van der Waals surface area contributed by atoms with Crippen molar-refractivity contribution in [2.24, 2.45) is 35.5 Å². The summed E-state index contributed by atoms with van der Waals surface area (Å²) in [6.07, 6.45) is 5.79. The number of fused-ring (bicyclic) bond motifs is 9. The molecule has 0 spiro atoms. The maximum atomic E-state index is 13.1. The molecular weight excluding hydrogens is 344 g/mol. The first-order valence-corrected chi connectivity index (χ1v) is 10.2. The third-order valence-electron chi connectivity index (χ3n) is 6.39. The van der Waals surface area contributed by atoms with Gasteiger partial charge in [0.05, 0.1) is 24.5 Å². The molecule has 0 aromatic heterocycles. The van der Waals surface area contributed by atoms with Gasteiger partial charge in [-0.3, -0.25) is 9.59 Å². The molecule has 0 N–H and O–H groups in total. The van der Waals surface area contributed by atoms with Crippen molar-refractivity contribution in [2.75, 3.05) is 0 Å². The van der Waals surface area contributed by atoms with E-state index in [1.165, 1.54) is 0 Å². The van der Waals surface area contributed by atoms with Crippen molar-refractivity contribution in [3.05, 3.63) is 12.2 Å². The molecule has 0 aromatic rings. The average molecular weight is 376 g/mol. The van der Waals surface area contributed by atoms with Crippen LogP contribution in [0.5, 0.6) is 0 Å².